The summed E-state index contributed by atoms with van der Waals surface area (Å²) in [7, 11) is 1.67. The normalized spacial score (nSPS) is 19.1. The SMILES string of the molecule is COc1cc(C)c([C@@H]2CCCCN2Cc2ccccc2)cn1. The summed E-state index contributed by atoms with van der Waals surface area (Å²) in [5.41, 5.74) is 4.00. The fourth-order valence-corrected chi connectivity index (χ4v) is 3.35. The minimum Gasteiger partial charge on any atom is -0.481 e. The van der Waals surface area contributed by atoms with E-state index < -0.39 is 0 Å². The van der Waals surface area contributed by atoms with Crippen molar-refractivity contribution in [1.82, 2.24) is 9.88 Å². The average molecular weight is 296 g/mol. The maximum Gasteiger partial charge on any atom is 0.213 e. The molecule has 0 radical (unpaired) electrons. The lowest BCUT2D eigenvalue weighted by molar-refractivity contribution is 0.139. The summed E-state index contributed by atoms with van der Waals surface area (Å²) in [4.78, 5) is 7.02. The Morgan fingerprint density at radius 1 is 1.23 bits per heavy atom. The lowest BCUT2D eigenvalue weighted by Gasteiger charge is -2.36. The highest BCUT2D eigenvalue weighted by Crippen LogP contribution is 2.34. The maximum absolute atomic E-state index is 5.24. The molecule has 0 unspecified atom stereocenters. The molecule has 1 aliphatic rings. The molecule has 3 nitrogen and oxygen atoms in total. The summed E-state index contributed by atoms with van der Waals surface area (Å²) in [6, 6.07) is 13.3. The molecule has 2 aromatic rings. The number of pyridine rings is 1. The van der Waals surface area contributed by atoms with Crippen molar-refractivity contribution in [3.63, 3.8) is 0 Å². The number of rotatable bonds is 4. The fourth-order valence-electron chi connectivity index (χ4n) is 3.35. The Balaban J connectivity index is 1.83. The Morgan fingerprint density at radius 3 is 2.77 bits per heavy atom. The van der Waals surface area contributed by atoms with Gasteiger partial charge in [0.05, 0.1) is 7.11 Å². The molecule has 0 bridgehead atoms. The Hall–Kier alpha value is -1.87. The first kappa shape index (κ1) is 15.0. The molecule has 1 aromatic heterocycles. The third-order valence-electron chi connectivity index (χ3n) is 4.54. The number of hydrogen-bond donors (Lipinski definition) is 0. The Kier molecular flexibility index (Phi) is 4.74. The highest BCUT2D eigenvalue weighted by Gasteiger charge is 2.25. The van der Waals surface area contributed by atoms with Gasteiger partial charge in [0, 0.05) is 24.8 Å². The molecule has 0 saturated carbocycles. The monoisotopic (exact) mass is 296 g/mol. The summed E-state index contributed by atoms with van der Waals surface area (Å²) >= 11 is 0. The van der Waals surface area contributed by atoms with E-state index in [0.29, 0.717) is 11.9 Å². The predicted octanol–water partition coefficient (Wildman–Crippen LogP) is 4.13. The van der Waals surface area contributed by atoms with Gasteiger partial charge in [-0.15, -0.1) is 0 Å². The fraction of sp³-hybridized carbons (Fsp3) is 0.421. The van der Waals surface area contributed by atoms with E-state index in [9.17, 15) is 0 Å². The van der Waals surface area contributed by atoms with Crippen LogP contribution in [0.4, 0.5) is 0 Å². The van der Waals surface area contributed by atoms with Gasteiger partial charge in [0.15, 0.2) is 0 Å². The van der Waals surface area contributed by atoms with Gasteiger partial charge in [-0.25, -0.2) is 4.98 Å². The molecule has 0 N–H and O–H groups in total. The number of aryl methyl sites for hydroxylation is 1. The second kappa shape index (κ2) is 6.93. The van der Waals surface area contributed by atoms with Gasteiger partial charge in [0.25, 0.3) is 0 Å². The summed E-state index contributed by atoms with van der Waals surface area (Å²) < 4.78 is 5.24. The van der Waals surface area contributed by atoms with Gasteiger partial charge >= 0.3 is 0 Å². The van der Waals surface area contributed by atoms with E-state index >= 15 is 0 Å². The molecular weight excluding hydrogens is 272 g/mol. The van der Waals surface area contributed by atoms with Gasteiger partial charge in [-0.05, 0) is 43.0 Å². The van der Waals surface area contributed by atoms with Crippen LogP contribution in [0.3, 0.4) is 0 Å². The molecule has 1 fully saturated rings. The third kappa shape index (κ3) is 3.30. The quantitative estimate of drug-likeness (QED) is 0.848. The topological polar surface area (TPSA) is 25.4 Å². The first-order valence-electron chi connectivity index (χ1n) is 8.06. The van der Waals surface area contributed by atoms with Crippen molar-refractivity contribution >= 4 is 0 Å². The molecule has 3 heteroatoms. The van der Waals surface area contributed by atoms with Crippen molar-refractivity contribution in [2.24, 2.45) is 0 Å². The molecule has 0 amide bonds. The zero-order valence-corrected chi connectivity index (χ0v) is 13.5. The minimum absolute atomic E-state index is 0.465. The Morgan fingerprint density at radius 2 is 2.05 bits per heavy atom. The molecule has 0 spiro atoms. The van der Waals surface area contributed by atoms with Gasteiger partial charge < -0.3 is 4.74 Å². The number of likely N-dealkylation sites (tertiary alicyclic amines) is 1. The summed E-state index contributed by atoms with van der Waals surface area (Å²) in [5.74, 6) is 0.701. The highest BCUT2D eigenvalue weighted by atomic mass is 16.5. The molecule has 1 atom stereocenters. The molecule has 3 rings (SSSR count). The van der Waals surface area contributed by atoms with Crippen molar-refractivity contribution in [2.75, 3.05) is 13.7 Å². The number of aromatic nitrogens is 1. The lowest BCUT2D eigenvalue weighted by Crippen LogP contribution is -2.33. The molecular formula is C19H24N2O. The summed E-state index contributed by atoms with van der Waals surface area (Å²) in [6.45, 7) is 4.33. The van der Waals surface area contributed by atoms with E-state index in [1.54, 1.807) is 7.11 Å². The van der Waals surface area contributed by atoms with Crippen molar-refractivity contribution in [3.8, 4) is 5.88 Å². The van der Waals surface area contributed by atoms with Crippen molar-refractivity contribution in [1.29, 1.82) is 0 Å². The summed E-state index contributed by atoms with van der Waals surface area (Å²) in [5, 5.41) is 0. The van der Waals surface area contributed by atoms with Crippen LogP contribution in [0.1, 0.15) is 42.0 Å². The first-order chi connectivity index (χ1) is 10.8. The van der Waals surface area contributed by atoms with E-state index in [-0.39, 0.29) is 0 Å². The van der Waals surface area contributed by atoms with Gasteiger partial charge in [0.1, 0.15) is 0 Å². The van der Waals surface area contributed by atoms with Crippen LogP contribution in [0.25, 0.3) is 0 Å². The number of nitrogens with zero attached hydrogens (tertiary/aromatic N) is 2. The molecule has 2 heterocycles. The number of methoxy groups -OCH3 is 1. The van der Waals surface area contributed by atoms with Crippen LogP contribution in [-0.4, -0.2) is 23.5 Å². The van der Waals surface area contributed by atoms with Crippen LogP contribution >= 0.6 is 0 Å². The van der Waals surface area contributed by atoms with Crippen molar-refractivity contribution in [3.05, 3.63) is 59.3 Å². The van der Waals surface area contributed by atoms with Crippen LogP contribution in [0.15, 0.2) is 42.6 Å². The maximum atomic E-state index is 5.24. The average Bonchev–Trinajstić information content (AvgIpc) is 2.56. The van der Waals surface area contributed by atoms with E-state index in [1.165, 1.54) is 36.0 Å². The smallest absolute Gasteiger partial charge is 0.213 e. The van der Waals surface area contributed by atoms with Gasteiger partial charge in [-0.1, -0.05) is 36.8 Å². The first-order valence-corrected chi connectivity index (χ1v) is 8.06. The molecule has 22 heavy (non-hydrogen) atoms. The Labute approximate surface area is 132 Å². The van der Waals surface area contributed by atoms with Crippen LogP contribution in [0.2, 0.25) is 0 Å². The molecule has 1 aromatic carbocycles. The standard InChI is InChI=1S/C19H24N2O/c1-15-12-19(22-2)20-13-17(15)18-10-6-7-11-21(18)14-16-8-4-3-5-9-16/h3-5,8-9,12-13,18H,6-7,10-11,14H2,1-2H3/t18-/m0/s1. The molecule has 116 valence electrons. The largest absolute Gasteiger partial charge is 0.481 e. The van der Waals surface area contributed by atoms with E-state index in [2.05, 4.69) is 47.1 Å². The van der Waals surface area contributed by atoms with E-state index in [4.69, 9.17) is 4.74 Å². The zero-order valence-electron chi connectivity index (χ0n) is 13.5. The minimum atomic E-state index is 0.465. The van der Waals surface area contributed by atoms with Crippen LogP contribution in [-0.2, 0) is 6.54 Å². The van der Waals surface area contributed by atoms with Crippen LogP contribution in [0.5, 0.6) is 5.88 Å². The Bertz CT molecular complexity index is 612. The van der Waals surface area contributed by atoms with Gasteiger partial charge in [-0.3, -0.25) is 4.90 Å². The highest BCUT2D eigenvalue weighted by molar-refractivity contribution is 5.31. The van der Waals surface area contributed by atoms with Crippen LogP contribution in [0, 0.1) is 6.92 Å². The molecule has 1 saturated heterocycles. The molecule has 0 aliphatic carbocycles. The van der Waals surface area contributed by atoms with Crippen LogP contribution < -0.4 is 4.74 Å². The van der Waals surface area contributed by atoms with Crippen molar-refractivity contribution < 1.29 is 4.74 Å². The summed E-state index contributed by atoms with van der Waals surface area (Å²) in [6.07, 6.45) is 5.79. The number of piperidine rings is 1. The zero-order chi connectivity index (χ0) is 15.4. The van der Waals surface area contributed by atoms with E-state index in [1.807, 2.05) is 12.3 Å². The van der Waals surface area contributed by atoms with Gasteiger partial charge in [0.2, 0.25) is 5.88 Å². The number of hydrogen-bond acceptors (Lipinski definition) is 3. The van der Waals surface area contributed by atoms with E-state index in [0.717, 1.165) is 13.1 Å². The predicted molar refractivity (Wildman–Crippen MR) is 89.0 cm³/mol. The molecule has 1 aliphatic heterocycles. The third-order valence-corrected chi connectivity index (χ3v) is 4.54. The van der Waals surface area contributed by atoms with Crippen molar-refractivity contribution in [2.45, 2.75) is 38.8 Å². The number of ether oxygens (including phenoxy) is 1. The lowest BCUT2D eigenvalue weighted by atomic mass is 9.93. The second-order valence-electron chi connectivity index (χ2n) is 6.05. The second-order valence-corrected chi connectivity index (χ2v) is 6.05. The number of benzene rings is 1. The van der Waals surface area contributed by atoms with Gasteiger partial charge in [-0.2, -0.15) is 0 Å².